The van der Waals surface area contributed by atoms with Crippen LogP contribution in [0.25, 0.3) is 0 Å². The summed E-state index contributed by atoms with van der Waals surface area (Å²) in [5.74, 6) is 0.235. The zero-order chi connectivity index (χ0) is 9.19. The van der Waals surface area contributed by atoms with Crippen LogP contribution in [0.1, 0.15) is 19.3 Å². The highest BCUT2D eigenvalue weighted by Crippen LogP contribution is 2.24. The topological polar surface area (TPSA) is 92.4 Å². The number of aliphatic hydroxyl groups excluding tert-OH is 1. The molecule has 6 heteroatoms. The molecule has 0 saturated heterocycles. The summed E-state index contributed by atoms with van der Waals surface area (Å²) in [6.45, 7) is 0.343. The van der Waals surface area contributed by atoms with Gasteiger partial charge >= 0.3 is 0 Å². The van der Waals surface area contributed by atoms with E-state index in [1.54, 1.807) is 0 Å². The molecule has 0 aromatic rings. The second-order valence-corrected chi connectivity index (χ2v) is 4.61. The molecule has 0 aromatic heterocycles. The van der Waals surface area contributed by atoms with Crippen LogP contribution >= 0.6 is 0 Å². The van der Waals surface area contributed by atoms with E-state index in [-0.39, 0.29) is 12.0 Å². The van der Waals surface area contributed by atoms with E-state index in [2.05, 4.69) is 4.72 Å². The Kier molecular flexibility index (Phi) is 3.05. The van der Waals surface area contributed by atoms with Gasteiger partial charge in [-0.3, -0.25) is 0 Å². The molecule has 0 heterocycles. The molecule has 0 spiro atoms. The van der Waals surface area contributed by atoms with Crippen LogP contribution in [0.4, 0.5) is 0 Å². The number of aliphatic hydroxyl groups is 1. The maximum atomic E-state index is 10.5. The largest absolute Gasteiger partial charge is 0.393 e. The van der Waals surface area contributed by atoms with Gasteiger partial charge in [0.1, 0.15) is 0 Å². The molecule has 0 aromatic carbocycles. The summed E-state index contributed by atoms with van der Waals surface area (Å²) in [6.07, 6.45) is 2.03. The summed E-state index contributed by atoms with van der Waals surface area (Å²) in [7, 11) is -3.56. The predicted octanol–water partition coefficient (Wildman–Crippen LogP) is -1.06. The van der Waals surface area contributed by atoms with E-state index in [9.17, 15) is 8.42 Å². The first-order valence-corrected chi connectivity index (χ1v) is 5.47. The van der Waals surface area contributed by atoms with Crippen molar-refractivity contribution >= 4 is 10.2 Å². The van der Waals surface area contributed by atoms with Gasteiger partial charge in [0.25, 0.3) is 10.2 Å². The lowest BCUT2D eigenvalue weighted by atomic mass is 10.1. The molecule has 2 unspecified atom stereocenters. The normalized spacial score (nSPS) is 30.8. The molecule has 0 aliphatic heterocycles. The van der Waals surface area contributed by atoms with E-state index < -0.39 is 10.2 Å². The van der Waals surface area contributed by atoms with Crippen LogP contribution in [-0.4, -0.2) is 26.2 Å². The maximum absolute atomic E-state index is 10.5. The smallest absolute Gasteiger partial charge is 0.274 e. The summed E-state index contributed by atoms with van der Waals surface area (Å²) in [5.41, 5.74) is 0. The first-order valence-electron chi connectivity index (χ1n) is 3.93. The zero-order valence-electron chi connectivity index (χ0n) is 6.73. The first kappa shape index (κ1) is 9.91. The molecular weight excluding hydrogens is 180 g/mol. The highest BCUT2D eigenvalue weighted by molar-refractivity contribution is 7.87. The van der Waals surface area contributed by atoms with E-state index in [4.69, 9.17) is 10.2 Å². The molecular formula is C6H14N2O3S. The Morgan fingerprint density at radius 3 is 2.58 bits per heavy atom. The van der Waals surface area contributed by atoms with Crippen LogP contribution in [-0.2, 0) is 10.2 Å². The van der Waals surface area contributed by atoms with Crippen molar-refractivity contribution in [3.05, 3.63) is 0 Å². The monoisotopic (exact) mass is 194 g/mol. The Bertz CT molecular complexity index is 239. The molecule has 0 radical (unpaired) electrons. The summed E-state index contributed by atoms with van der Waals surface area (Å²) < 4.78 is 23.2. The third-order valence-corrected chi connectivity index (χ3v) is 2.66. The highest BCUT2D eigenvalue weighted by Gasteiger charge is 2.23. The first-order chi connectivity index (χ1) is 5.47. The van der Waals surface area contributed by atoms with Crippen molar-refractivity contribution in [1.29, 1.82) is 0 Å². The van der Waals surface area contributed by atoms with E-state index in [1.165, 1.54) is 0 Å². The van der Waals surface area contributed by atoms with E-state index in [0.717, 1.165) is 12.8 Å². The van der Waals surface area contributed by atoms with Crippen molar-refractivity contribution in [2.75, 3.05) is 6.54 Å². The van der Waals surface area contributed by atoms with Crippen LogP contribution in [0.2, 0.25) is 0 Å². The van der Waals surface area contributed by atoms with Gasteiger partial charge in [0.2, 0.25) is 0 Å². The van der Waals surface area contributed by atoms with Gasteiger partial charge in [-0.05, 0) is 25.2 Å². The Morgan fingerprint density at radius 1 is 1.50 bits per heavy atom. The van der Waals surface area contributed by atoms with Crippen LogP contribution < -0.4 is 9.86 Å². The van der Waals surface area contributed by atoms with Gasteiger partial charge in [0.05, 0.1) is 6.10 Å². The van der Waals surface area contributed by atoms with Crippen molar-refractivity contribution in [1.82, 2.24) is 4.72 Å². The zero-order valence-corrected chi connectivity index (χ0v) is 7.55. The van der Waals surface area contributed by atoms with E-state index in [1.807, 2.05) is 0 Å². The van der Waals surface area contributed by atoms with Gasteiger partial charge in [-0.15, -0.1) is 0 Å². The molecule has 1 aliphatic rings. The van der Waals surface area contributed by atoms with E-state index in [0.29, 0.717) is 13.0 Å². The Balaban J connectivity index is 2.25. The number of hydrogen-bond acceptors (Lipinski definition) is 3. The van der Waals surface area contributed by atoms with Crippen molar-refractivity contribution in [2.24, 2.45) is 11.1 Å². The third-order valence-electron chi connectivity index (χ3n) is 2.09. The molecule has 1 aliphatic carbocycles. The summed E-state index contributed by atoms with van der Waals surface area (Å²) in [6, 6.07) is 0. The van der Waals surface area contributed by atoms with Gasteiger partial charge in [-0.25, -0.2) is 9.86 Å². The average molecular weight is 194 g/mol. The molecule has 0 bridgehead atoms. The standard InChI is InChI=1S/C6H14N2O3S/c7-12(10,11)8-4-5-1-2-6(9)3-5/h5-6,8-9H,1-4H2,(H2,7,10,11). The van der Waals surface area contributed by atoms with Crippen molar-refractivity contribution in [3.8, 4) is 0 Å². The maximum Gasteiger partial charge on any atom is 0.274 e. The lowest BCUT2D eigenvalue weighted by Crippen LogP contribution is -2.34. The average Bonchev–Trinajstić information content (AvgIpc) is 2.30. The van der Waals surface area contributed by atoms with Gasteiger partial charge in [-0.2, -0.15) is 8.42 Å². The molecule has 1 fully saturated rings. The Labute approximate surface area is 72.1 Å². The summed E-state index contributed by atoms with van der Waals surface area (Å²) in [4.78, 5) is 0. The lowest BCUT2D eigenvalue weighted by molar-refractivity contribution is 0.178. The van der Waals surface area contributed by atoms with Crippen molar-refractivity contribution < 1.29 is 13.5 Å². The second kappa shape index (κ2) is 3.69. The van der Waals surface area contributed by atoms with E-state index >= 15 is 0 Å². The number of nitrogens with two attached hydrogens (primary N) is 1. The van der Waals surface area contributed by atoms with Crippen molar-refractivity contribution in [3.63, 3.8) is 0 Å². The number of nitrogens with one attached hydrogen (secondary N) is 1. The third kappa shape index (κ3) is 3.48. The van der Waals surface area contributed by atoms with Crippen LogP contribution in [0, 0.1) is 5.92 Å². The fraction of sp³-hybridized carbons (Fsp3) is 1.00. The van der Waals surface area contributed by atoms with Crippen LogP contribution in [0.3, 0.4) is 0 Å². The molecule has 72 valence electrons. The number of hydrogen-bond donors (Lipinski definition) is 3. The lowest BCUT2D eigenvalue weighted by Gasteiger charge is -2.08. The molecule has 1 rings (SSSR count). The molecule has 2 atom stereocenters. The quantitative estimate of drug-likeness (QED) is 0.534. The predicted molar refractivity (Wildman–Crippen MR) is 44.5 cm³/mol. The molecule has 12 heavy (non-hydrogen) atoms. The second-order valence-electron chi connectivity index (χ2n) is 3.23. The fourth-order valence-corrected chi connectivity index (χ4v) is 1.94. The Hall–Kier alpha value is -0.170. The summed E-state index contributed by atoms with van der Waals surface area (Å²) in [5, 5.41) is 13.9. The fourth-order valence-electron chi connectivity index (χ4n) is 1.47. The van der Waals surface area contributed by atoms with Crippen LogP contribution in [0.5, 0.6) is 0 Å². The minimum absolute atomic E-state index is 0.235. The molecule has 5 nitrogen and oxygen atoms in total. The Morgan fingerprint density at radius 2 is 2.17 bits per heavy atom. The van der Waals surface area contributed by atoms with Gasteiger partial charge < -0.3 is 5.11 Å². The SMILES string of the molecule is NS(=O)(=O)NCC1CCC(O)C1. The van der Waals surface area contributed by atoms with Crippen molar-refractivity contribution in [2.45, 2.75) is 25.4 Å². The summed E-state index contributed by atoms with van der Waals surface area (Å²) >= 11 is 0. The minimum atomic E-state index is -3.56. The minimum Gasteiger partial charge on any atom is -0.393 e. The van der Waals surface area contributed by atoms with Gasteiger partial charge in [-0.1, -0.05) is 0 Å². The molecule has 0 amide bonds. The molecule has 1 saturated carbocycles. The molecule has 4 N–H and O–H groups in total. The van der Waals surface area contributed by atoms with Crippen LogP contribution in [0.15, 0.2) is 0 Å². The highest BCUT2D eigenvalue weighted by atomic mass is 32.2. The van der Waals surface area contributed by atoms with Gasteiger partial charge in [0, 0.05) is 6.54 Å². The van der Waals surface area contributed by atoms with Gasteiger partial charge in [0.15, 0.2) is 0 Å². The number of rotatable bonds is 3.